The van der Waals surface area contributed by atoms with Crippen LogP contribution in [0.4, 0.5) is 4.79 Å². The molecule has 0 radical (unpaired) electrons. The van der Waals surface area contributed by atoms with Crippen molar-refractivity contribution in [1.82, 2.24) is 10.2 Å². The van der Waals surface area contributed by atoms with Gasteiger partial charge in [0.05, 0.1) is 0 Å². The van der Waals surface area contributed by atoms with E-state index < -0.39 is 30.6 Å². The van der Waals surface area contributed by atoms with Gasteiger partial charge in [0.1, 0.15) is 19.3 Å². The minimum absolute atomic E-state index is 0.0418. The molecular weight excluding hydrogens is 484 g/mol. The van der Waals surface area contributed by atoms with E-state index in [-0.39, 0.29) is 31.5 Å². The highest BCUT2D eigenvalue weighted by molar-refractivity contribution is 5.85. The maximum atomic E-state index is 13.3. The van der Waals surface area contributed by atoms with Crippen LogP contribution in [0.5, 0.6) is 0 Å². The maximum absolute atomic E-state index is 13.3. The van der Waals surface area contributed by atoms with Gasteiger partial charge >= 0.3 is 12.1 Å². The maximum Gasteiger partial charge on any atom is 0.407 e. The first-order chi connectivity index (χ1) is 18.5. The second-order valence-corrected chi connectivity index (χ2v) is 9.62. The van der Waals surface area contributed by atoms with E-state index in [4.69, 9.17) is 9.47 Å². The van der Waals surface area contributed by atoms with Crippen LogP contribution in [-0.2, 0) is 25.6 Å². The Kier molecular flexibility index (Phi) is 7.70. The van der Waals surface area contributed by atoms with E-state index in [2.05, 4.69) is 29.6 Å². The summed E-state index contributed by atoms with van der Waals surface area (Å²) in [6.07, 6.45) is -0.810. The first kappa shape index (κ1) is 25.5. The Morgan fingerprint density at radius 3 is 2.21 bits per heavy atom. The first-order valence-corrected chi connectivity index (χ1v) is 12.8. The van der Waals surface area contributed by atoms with Crippen LogP contribution in [0.25, 0.3) is 11.1 Å². The molecular formula is C30H30N2O6. The lowest BCUT2D eigenvalue weighted by Crippen LogP contribution is -2.46. The number of nitrogens with zero attached hydrogens (tertiary/aromatic N) is 1. The molecule has 0 saturated carbocycles. The lowest BCUT2D eigenvalue weighted by Gasteiger charge is -2.26. The first-order valence-electron chi connectivity index (χ1n) is 12.8. The third kappa shape index (κ3) is 5.55. The monoisotopic (exact) mass is 514 g/mol. The number of amides is 2. The molecule has 2 amide bonds. The predicted octanol–water partition coefficient (Wildman–Crippen LogP) is 4.04. The number of fused-ring (bicyclic) bond motifs is 3. The van der Waals surface area contributed by atoms with Gasteiger partial charge in [-0.3, -0.25) is 9.59 Å². The summed E-state index contributed by atoms with van der Waals surface area (Å²) in [6.45, 7) is 0.490. The summed E-state index contributed by atoms with van der Waals surface area (Å²) >= 11 is 0. The van der Waals surface area contributed by atoms with Crippen LogP contribution in [0.1, 0.15) is 29.0 Å². The van der Waals surface area contributed by atoms with Crippen LogP contribution in [-0.4, -0.2) is 60.4 Å². The summed E-state index contributed by atoms with van der Waals surface area (Å²) in [5.41, 5.74) is 5.40. The molecule has 8 heteroatoms. The van der Waals surface area contributed by atoms with Crippen molar-refractivity contribution in [3.05, 3.63) is 95.6 Å². The fourth-order valence-corrected chi connectivity index (χ4v) is 5.34. The zero-order valence-corrected chi connectivity index (χ0v) is 20.9. The summed E-state index contributed by atoms with van der Waals surface area (Å²) in [5.74, 6) is -1.82. The van der Waals surface area contributed by atoms with Gasteiger partial charge in [0, 0.05) is 31.5 Å². The number of nitrogens with one attached hydrogen (secondary N) is 1. The van der Waals surface area contributed by atoms with Crippen LogP contribution in [0.3, 0.4) is 0 Å². The number of hydrogen-bond donors (Lipinski definition) is 2. The summed E-state index contributed by atoms with van der Waals surface area (Å²) in [6, 6.07) is 25.5. The number of carbonyl (C=O) groups excluding carboxylic acids is 2. The average Bonchev–Trinajstić information content (AvgIpc) is 3.53. The van der Waals surface area contributed by atoms with Crippen LogP contribution in [0.2, 0.25) is 0 Å². The van der Waals surface area contributed by atoms with E-state index in [1.807, 2.05) is 54.6 Å². The van der Waals surface area contributed by atoms with Gasteiger partial charge < -0.3 is 24.8 Å². The molecule has 1 aliphatic heterocycles. The molecule has 5 rings (SSSR count). The van der Waals surface area contributed by atoms with Crippen LogP contribution >= 0.6 is 0 Å². The summed E-state index contributed by atoms with van der Waals surface area (Å²) in [5, 5.41) is 12.1. The number of alkyl carbamates (subject to hydrolysis) is 1. The van der Waals surface area contributed by atoms with Crippen molar-refractivity contribution in [3.8, 4) is 11.1 Å². The van der Waals surface area contributed by atoms with Gasteiger partial charge in [-0.15, -0.1) is 0 Å². The molecule has 1 heterocycles. The number of aliphatic carboxylic acids is 1. The topological polar surface area (TPSA) is 105 Å². The zero-order valence-electron chi connectivity index (χ0n) is 20.9. The van der Waals surface area contributed by atoms with E-state index >= 15 is 0 Å². The SMILES string of the molecule is O=C(O)CN(Cc1ccccc1)C(=O)[C@H]1OCC[C@H]1CNC(=O)OCC1c2ccccc2-c2ccccc21. The molecule has 1 fully saturated rings. The highest BCUT2D eigenvalue weighted by Gasteiger charge is 2.38. The highest BCUT2D eigenvalue weighted by Crippen LogP contribution is 2.44. The van der Waals surface area contributed by atoms with Gasteiger partial charge in [-0.05, 0) is 34.2 Å². The number of rotatable bonds is 9. The molecule has 3 aromatic rings. The Morgan fingerprint density at radius 2 is 1.55 bits per heavy atom. The minimum atomic E-state index is -1.10. The van der Waals surface area contributed by atoms with Crippen molar-refractivity contribution in [2.45, 2.75) is 25.0 Å². The van der Waals surface area contributed by atoms with E-state index in [9.17, 15) is 19.5 Å². The number of carboxylic acids is 1. The van der Waals surface area contributed by atoms with E-state index in [1.54, 1.807) is 0 Å². The molecule has 0 spiro atoms. The molecule has 3 aromatic carbocycles. The number of ether oxygens (including phenoxy) is 2. The number of hydrogen-bond acceptors (Lipinski definition) is 5. The van der Waals surface area contributed by atoms with Crippen LogP contribution in [0, 0.1) is 5.92 Å². The van der Waals surface area contributed by atoms with Gasteiger partial charge in [0.25, 0.3) is 5.91 Å². The zero-order chi connectivity index (χ0) is 26.5. The Balaban J connectivity index is 1.18. The fourth-order valence-electron chi connectivity index (χ4n) is 5.34. The van der Waals surface area contributed by atoms with Crippen molar-refractivity contribution >= 4 is 18.0 Å². The smallest absolute Gasteiger partial charge is 0.407 e. The lowest BCUT2D eigenvalue weighted by molar-refractivity contribution is -0.150. The second-order valence-electron chi connectivity index (χ2n) is 9.62. The average molecular weight is 515 g/mol. The van der Waals surface area contributed by atoms with Crippen molar-refractivity contribution < 1.29 is 29.0 Å². The van der Waals surface area contributed by atoms with Crippen LogP contribution in [0.15, 0.2) is 78.9 Å². The van der Waals surface area contributed by atoms with E-state index in [0.717, 1.165) is 27.8 Å². The highest BCUT2D eigenvalue weighted by atomic mass is 16.5. The van der Waals surface area contributed by atoms with Crippen molar-refractivity contribution in [3.63, 3.8) is 0 Å². The Morgan fingerprint density at radius 1 is 0.921 bits per heavy atom. The van der Waals surface area contributed by atoms with Gasteiger partial charge in [0.2, 0.25) is 0 Å². The molecule has 2 N–H and O–H groups in total. The van der Waals surface area contributed by atoms with Gasteiger partial charge in [-0.25, -0.2) is 4.79 Å². The third-order valence-corrected chi connectivity index (χ3v) is 7.16. The quantitative estimate of drug-likeness (QED) is 0.447. The number of benzene rings is 3. The molecule has 0 aromatic heterocycles. The fraction of sp³-hybridized carbons (Fsp3) is 0.300. The largest absolute Gasteiger partial charge is 0.480 e. The molecule has 38 heavy (non-hydrogen) atoms. The van der Waals surface area contributed by atoms with Crippen molar-refractivity contribution in [1.29, 1.82) is 0 Å². The predicted molar refractivity (Wildman–Crippen MR) is 140 cm³/mol. The molecule has 1 aliphatic carbocycles. The molecule has 8 nitrogen and oxygen atoms in total. The number of carbonyl (C=O) groups is 3. The number of carboxylic acid groups (broad SMARTS) is 1. The van der Waals surface area contributed by atoms with Crippen molar-refractivity contribution in [2.24, 2.45) is 5.92 Å². The molecule has 1 saturated heterocycles. The van der Waals surface area contributed by atoms with Gasteiger partial charge in [-0.2, -0.15) is 0 Å². The summed E-state index contributed by atoms with van der Waals surface area (Å²) < 4.78 is 11.3. The molecule has 196 valence electrons. The Hall–Kier alpha value is -4.17. The lowest BCUT2D eigenvalue weighted by atomic mass is 9.98. The molecule has 2 aliphatic rings. The van der Waals surface area contributed by atoms with Crippen LogP contribution < -0.4 is 5.32 Å². The normalized spacial score (nSPS) is 17.9. The van der Waals surface area contributed by atoms with E-state index in [0.29, 0.717) is 13.0 Å². The molecule has 0 unspecified atom stereocenters. The Labute approximate surface area is 221 Å². The molecule has 0 bridgehead atoms. The van der Waals surface area contributed by atoms with Gasteiger partial charge in [-0.1, -0.05) is 78.9 Å². The minimum Gasteiger partial charge on any atom is -0.480 e. The Bertz CT molecular complexity index is 1270. The second kappa shape index (κ2) is 11.5. The summed E-state index contributed by atoms with van der Waals surface area (Å²) in [4.78, 5) is 38.6. The van der Waals surface area contributed by atoms with Crippen molar-refractivity contribution in [2.75, 3.05) is 26.3 Å². The standard InChI is InChI=1S/C30H30N2O6/c33-27(34)18-32(17-20-8-2-1-3-9-20)29(35)28-21(14-15-37-28)16-31-30(36)38-19-26-24-12-6-4-10-22(24)23-11-5-7-13-25(23)26/h1-13,21,26,28H,14-19H2,(H,31,36)(H,33,34)/t21-,28-/m0/s1. The third-order valence-electron chi connectivity index (χ3n) is 7.16. The van der Waals surface area contributed by atoms with Gasteiger partial charge in [0.15, 0.2) is 0 Å². The van der Waals surface area contributed by atoms with E-state index in [1.165, 1.54) is 4.90 Å². The molecule has 2 atom stereocenters. The summed E-state index contributed by atoms with van der Waals surface area (Å²) in [7, 11) is 0.